The van der Waals surface area contributed by atoms with Crippen molar-refractivity contribution < 1.29 is 4.74 Å². The van der Waals surface area contributed by atoms with Crippen molar-refractivity contribution in [2.45, 2.75) is 79.1 Å². The lowest BCUT2D eigenvalue weighted by Gasteiger charge is -2.22. The molecule has 0 aromatic heterocycles. The van der Waals surface area contributed by atoms with Crippen molar-refractivity contribution in [3.8, 4) is 11.5 Å². The summed E-state index contributed by atoms with van der Waals surface area (Å²) in [4.78, 5) is 0. The molecule has 2 atom stereocenters. The predicted molar refractivity (Wildman–Crippen MR) is 109 cm³/mol. The summed E-state index contributed by atoms with van der Waals surface area (Å²) in [5.74, 6) is 3.08. The summed E-state index contributed by atoms with van der Waals surface area (Å²) in [6.45, 7) is 13.5. The van der Waals surface area contributed by atoms with Crippen LogP contribution in [0.4, 0.5) is 0 Å². The molecule has 136 valence electrons. The fraction of sp³-hybridized carbons (Fsp3) is 0.500. The number of hydrogen-bond acceptors (Lipinski definition) is 1. The lowest BCUT2D eigenvalue weighted by atomic mass is 9.91. The molecule has 0 spiro atoms. The molecular formula is C24H34O. The smallest absolute Gasteiger partial charge is 0.131 e. The van der Waals surface area contributed by atoms with E-state index in [-0.39, 0.29) is 0 Å². The summed E-state index contributed by atoms with van der Waals surface area (Å²) in [7, 11) is 0. The van der Waals surface area contributed by atoms with Crippen LogP contribution >= 0.6 is 0 Å². The number of hydrogen-bond donors (Lipinski definition) is 0. The first-order chi connectivity index (χ1) is 12.0. The van der Waals surface area contributed by atoms with Crippen molar-refractivity contribution >= 4 is 0 Å². The first kappa shape index (κ1) is 19.6. The Balaban J connectivity index is 2.44. The highest BCUT2D eigenvalue weighted by Gasteiger charge is 2.18. The zero-order chi connectivity index (χ0) is 18.4. The highest BCUT2D eigenvalue weighted by Crippen LogP contribution is 2.39. The van der Waals surface area contributed by atoms with Crippen LogP contribution in [-0.4, -0.2) is 0 Å². The first-order valence-electron chi connectivity index (χ1n) is 9.86. The van der Waals surface area contributed by atoms with Gasteiger partial charge in [0.1, 0.15) is 11.5 Å². The van der Waals surface area contributed by atoms with Crippen molar-refractivity contribution in [2.75, 3.05) is 0 Å². The van der Waals surface area contributed by atoms with Crippen LogP contribution in [0, 0.1) is 13.8 Å². The Hall–Kier alpha value is -1.76. The Morgan fingerprint density at radius 1 is 0.720 bits per heavy atom. The van der Waals surface area contributed by atoms with Gasteiger partial charge in [-0.05, 0) is 61.8 Å². The van der Waals surface area contributed by atoms with E-state index in [0.29, 0.717) is 11.8 Å². The number of benzene rings is 2. The van der Waals surface area contributed by atoms with E-state index in [1.165, 1.54) is 47.9 Å². The quantitative estimate of drug-likeness (QED) is 0.475. The largest absolute Gasteiger partial charge is 0.457 e. The molecule has 25 heavy (non-hydrogen) atoms. The van der Waals surface area contributed by atoms with Gasteiger partial charge < -0.3 is 4.74 Å². The second kappa shape index (κ2) is 9.08. The summed E-state index contributed by atoms with van der Waals surface area (Å²) in [6, 6.07) is 12.9. The van der Waals surface area contributed by atoms with E-state index >= 15 is 0 Å². The van der Waals surface area contributed by atoms with Crippen LogP contribution in [0.1, 0.15) is 87.5 Å². The van der Waals surface area contributed by atoms with Crippen molar-refractivity contribution in [1.82, 2.24) is 0 Å². The van der Waals surface area contributed by atoms with E-state index in [4.69, 9.17) is 4.74 Å². The average Bonchev–Trinajstić information content (AvgIpc) is 2.55. The Kier molecular flexibility index (Phi) is 7.11. The zero-order valence-electron chi connectivity index (χ0n) is 16.9. The van der Waals surface area contributed by atoms with Gasteiger partial charge >= 0.3 is 0 Å². The summed E-state index contributed by atoms with van der Waals surface area (Å²) in [5, 5.41) is 0. The van der Waals surface area contributed by atoms with Crippen LogP contribution in [0.5, 0.6) is 11.5 Å². The molecule has 0 radical (unpaired) electrons. The van der Waals surface area contributed by atoms with Crippen molar-refractivity contribution in [3.63, 3.8) is 0 Å². The van der Waals surface area contributed by atoms with Gasteiger partial charge in [0.05, 0.1) is 0 Å². The van der Waals surface area contributed by atoms with Crippen molar-refractivity contribution in [3.05, 3.63) is 58.7 Å². The molecule has 0 aliphatic heterocycles. The van der Waals surface area contributed by atoms with Crippen LogP contribution < -0.4 is 4.74 Å². The lowest BCUT2D eigenvalue weighted by Crippen LogP contribution is -2.03. The van der Waals surface area contributed by atoms with Gasteiger partial charge in [0, 0.05) is 11.1 Å². The molecule has 0 aliphatic rings. The SMILES string of the molecule is CCC[C@@H](C)c1c(C)cccc1Oc1cccc(C)c1[C@@H](C)CCC. The molecule has 0 fully saturated rings. The molecule has 1 heteroatoms. The minimum atomic E-state index is 0.516. The summed E-state index contributed by atoms with van der Waals surface area (Å²) >= 11 is 0. The third kappa shape index (κ3) is 4.66. The van der Waals surface area contributed by atoms with Gasteiger partial charge in [0.15, 0.2) is 0 Å². The monoisotopic (exact) mass is 338 g/mol. The molecular weight excluding hydrogens is 304 g/mol. The van der Waals surface area contributed by atoms with Crippen molar-refractivity contribution in [1.29, 1.82) is 0 Å². The molecule has 0 bridgehead atoms. The highest BCUT2D eigenvalue weighted by molar-refractivity contribution is 5.48. The topological polar surface area (TPSA) is 9.23 Å². The van der Waals surface area contributed by atoms with Gasteiger partial charge in [-0.3, -0.25) is 0 Å². The Morgan fingerprint density at radius 3 is 1.48 bits per heavy atom. The van der Waals surface area contributed by atoms with Crippen molar-refractivity contribution in [2.24, 2.45) is 0 Å². The maximum Gasteiger partial charge on any atom is 0.131 e. The number of rotatable bonds is 8. The number of ether oxygens (including phenoxy) is 1. The third-order valence-electron chi connectivity index (χ3n) is 5.22. The van der Waals surface area contributed by atoms with Gasteiger partial charge in [-0.15, -0.1) is 0 Å². The van der Waals surface area contributed by atoms with E-state index < -0.39 is 0 Å². The fourth-order valence-corrected chi connectivity index (χ4v) is 4.02. The van der Waals surface area contributed by atoms with Gasteiger partial charge in [-0.1, -0.05) is 64.8 Å². The van der Waals surface area contributed by atoms with Gasteiger partial charge in [0.2, 0.25) is 0 Å². The minimum absolute atomic E-state index is 0.516. The third-order valence-corrected chi connectivity index (χ3v) is 5.22. The Labute approximate surface area is 154 Å². The fourth-order valence-electron chi connectivity index (χ4n) is 4.02. The Bertz CT molecular complexity index is 627. The molecule has 2 aromatic rings. The normalized spacial score (nSPS) is 13.5. The average molecular weight is 339 g/mol. The maximum atomic E-state index is 6.54. The molecule has 2 rings (SSSR count). The summed E-state index contributed by atoms with van der Waals surface area (Å²) in [6.07, 6.45) is 4.76. The molecule has 0 saturated carbocycles. The van der Waals surface area contributed by atoms with Crippen LogP contribution in [0.2, 0.25) is 0 Å². The maximum absolute atomic E-state index is 6.54. The van der Waals surface area contributed by atoms with E-state index in [9.17, 15) is 0 Å². The van der Waals surface area contributed by atoms with E-state index in [1.54, 1.807) is 0 Å². The molecule has 0 unspecified atom stereocenters. The van der Waals surface area contributed by atoms with Crippen LogP contribution in [0.3, 0.4) is 0 Å². The second-order valence-electron chi connectivity index (χ2n) is 7.45. The van der Waals surface area contributed by atoms with Gasteiger partial charge in [-0.25, -0.2) is 0 Å². The van der Waals surface area contributed by atoms with E-state index in [2.05, 4.69) is 77.9 Å². The zero-order valence-corrected chi connectivity index (χ0v) is 16.9. The lowest BCUT2D eigenvalue weighted by molar-refractivity contribution is 0.455. The molecule has 2 aromatic carbocycles. The minimum Gasteiger partial charge on any atom is -0.457 e. The second-order valence-corrected chi connectivity index (χ2v) is 7.45. The molecule has 0 aliphatic carbocycles. The summed E-state index contributed by atoms with van der Waals surface area (Å²) in [5.41, 5.74) is 5.38. The molecule has 0 saturated heterocycles. The molecule has 0 N–H and O–H groups in total. The molecule has 0 amide bonds. The van der Waals surface area contributed by atoms with Crippen LogP contribution in [0.25, 0.3) is 0 Å². The summed E-state index contributed by atoms with van der Waals surface area (Å²) < 4.78 is 6.54. The Morgan fingerprint density at radius 2 is 1.12 bits per heavy atom. The van der Waals surface area contributed by atoms with Crippen LogP contribution in [0.15, 0.2) is 36.4 Å². The molecule has 0 heterocycles. The van der Waals surface area contributed by atoms with Crippen LogP contribution in [-0.2, 0) is 0 Å². The van der Waals surface area contributed by atoms with Gasteiger partial charge in [0.25, 0.3) is 0 Å². The molecule has 1 nitrogen and oxygen atoms in total. The highest BCUT2D eigenvalue weighted by atomic mass is 16.5. The van der Waals surface area contributed by atoms with Gasteiger partial charge in [-0.2, -0.15) is 0 Å². The first-order valence-corrected chi connectivity index (χ1v) is 9.86. The van der Waals surface area contributed by atoms with E-state index in [1.807, 2.05) is 0 Å². The number of aryl methyl sites for hydroxylation is 2. The standard InChI is InChI=1S/C24H34O/c1-7-11-17(3)23-19(5)13-9-15-21(23)25-22-16-10-14-20(6)24(22)18(4)12-8-2/h9-10,13-18H,7-8,11-12H2,1-6H3/t17-,18+. The van der Waals surface area contributed by atoms with E-state index in [0.717, 1.165) is 11.5 Å². The predicted octanol–water partition coefficient (Wildman–Crippen LogP) is 7.90.